The molecule has 0 saturated carbocycles. The van der Waals surface area contributed by atoms with Crippen molar-refractivity contribution >= 4 is 11.4 Å². The maximum Gasteiger partial charge on any atom is 0.126 e. The Morgan fingerprint density at radius 3 is 2.69 bits per heavy atom. The topological polar surface area (TPSA) is 72.3 Å². The summed E-state index contributed by atoms with van der Waals surface area (Å²) < 4.78 is 12.8. The molecule has 0 unspecified atom stereocenters. The maximum atomic E-state index is 12.8. The number of rotatable bonds is 0. The van der Waals surface area contributed by atoms with Crippen LogP contribution < -0.4 is 11.5 Å². The summed E-state index contributed by atoms with van der Waals surface area (Å²) in [7, 11) is 0. The van der Waals surface area contributed by atoms with E-state index in [1.165, 1.54) is 6.07 Å². The van der Waals surface area contributed by atoms with Crippen LogP contribution >= 0.6 is 0 Å². The molecule has 0 heterocycles. The van der Waals surface area contributed by atoms with Crippen molar-refractivity contribution in [1.82, 2.24) is 0 Å². The first-order chi connectivity index (χ1) is 6.15. The minimum Gasteiger partial charge on any atom is -0.397 e. The largest absolute Gasteiger partial charge is 0.397 e. The van der Waals surface area contributed by atoms with Gasteiger partial charge < -0.3 is 16.6 Å². The number of benzene rings is 1. The van der Waals surface area contributed by atoms with Crippen molar-refractivity contribution in [3.05, 3.63) is 23.5 Å². The first kappa shape index (κ1) is 9.36. The van der Waals surface area contributed by atoms with Crippen LogP contribution in [0.4, 0.5) is 15.8 Å². The highest BCUT2D eigenvalue weighted by Crippen LogP contribution is 2.20. The van der Waals surface area contributed by atoms with Crippen molar-refractivity contribution in [1.29, 1.82) is 0 Å². The van der Waals surface area contributed by atoms with Gasteiger partial charge in [0.1, 0.15) is 12.4 Å². The van der Waals surface area contributed by atoms with E-state index < -0.39 is 5.82 Å². The number of aliphatic hydroxyl groups excluding tert-OH is 1. The molecule has 0 spiro atoms. The molecule has 1 aromatic rings. The summed E-state index contributed by atoms with van der Waals surface area (Å²) in [6.45, 7) is -0.296. The monoisotopic (exact) mass is 180 g/mol. The van der Waals surface area contributed by atoms with Gasteiger partial charge in [-0.1, -0.05) is 11.8 Å². The summed E-state index contributed by atoms with van der Waals surface area (Å²) in [4.78, 5) is 0. The predicted octanol–water partition coefficient (Wildman–Crippen LogP) is 0.334. The summed E-state index contributed by atoms with van der Waals surface area (Å²) >= 11 is 0. The standard InChI is InChI=1S/C9H9FN2O/c10-7-4-6(2-1-3-13)9(12)8(11)5-7/h4-5,13H,3,11-12H2. The van der Waals surface area contributed by atoms with Crippen LogP contribution in [0.3, 0.4) is 0 Å². The van der Waals surface area contributed by atoms with Crippen molar-refractivity contribution in [3.63, 3.8) is 0 Å². The van der Waals surface area contributed by atoms with Crippen LogP contribution in [0, 0.1) is 17.7 Å². The minimum absolute atomic E-state index is 0.155. The lowest BCUT2D eigenvalue weighted by molar-refractivity contribution is 0.350. The SMILES string of the molecule is Nc1cc(F)cc(C#CCO)c1N. The fourth-order valence-electron chi connectivity index (χ4n) is 0.877. The smallest absolute Gasteiger partial charge is 0.126 e. The molecule has 4 heteroatoms. The maximum absolute atomic E-state index is 12.8. The van der Waals surface area contributed by atoms with E-state index in [2.05, 4.69) is 11.8 Å². The lowest BCUT2D eigenvalue weighted by atomic mass is 10.1. The third kappa shape index (κ3) is 2.10. The second-order valence-electron chi connectivity index (χ2n) is 2.42. The van der Waals surface area contributed by atoms with Crippen molar-refractivity contribution in [2.24, 2.45) is 0 Å². The molecule has 1 aromatic carbocycles. The normalized spacial score (nSPS) is 9.08. The summed E-state index contributed by atoms with van der Waals surface area (Å²) in [5.41, 5.74) is 11.6. The molecule has 68 valence electrons. The first-order valence-electron chi connectivity index (χ1n) is 3.59. The Labute approximate surface area is 75.2 Å². The van der Waals surface area contributed by atoms with Crippen LogP contribution in [0.25, 0.3) is 0 Å². The third-order valence-electron chi connectivity index (χ3n) is 1.48. The Morgan fingerprint density at radius 2 is 2.08 bits per heavy atom. The lowest BCUT2D eigenvalue weighted by Gasteiger charge is -2.02. The van der Waals surface area contributed by atoms with Gasteiger partial charge in [-0.05, 0) is 12.1 Å². The molecular formula is C9H9FN2O. The van der Waals surface area contributed by atoms with Gasteiger partial charge in [0.05, 0.1) is 16.9 Å². The summed E-state index contributed by atoms with van der Waals surface area (Å²) in [5.74, 6) is 4.37. The second-order valence-corrected chi connectivity index (χ2v) is 2.42. The van der Waals surface area contributed by atoms with Gasteiger partial charge >= 0.3 is 0 Å². The predicted molar refractivity (Wildman–Crippen MR) is 49.2 cm³/mol. The zero-order valence-electron chi connectivity index (χ0n) is 6.84. The van der Waals surface area contributed by atoms with Crippen LogP contribution in [0.15, 0.2) is 12.1 Å². The zero-order valence-corrected chi connectivity index (χ0v) is 6.84. The minimum atomic E-state index is -0.492. The molecule has 0 bridgehead atoms. The van der Waals surface area contributed by atoms with Crippen LogP contribution in [0.2, 0.25) is 0 Å². The Bertz CT molecular complexity index is 379. The summed E-state index contributed by atoms with van der Waals surface area (Å²) in [6.07, 6.45) is 0. The van der Waals surface area contributed by atoms with Crippen molar-refractivity contribution in [2.75, 3.05) is 18.1 Å². The van der Waals surface area contributed by atoms with Crippen LogP contribution in [-0.2, 0) is 0 Å². The first-order valence-corrected chi connectivity index (χ1v) is 3.59. The van der Waals surface area contributed by atoms with Gasteiger partial charge in [-0.3, -0.25) is 0 Å². The fourth-order valence-corrected chi connectivity index (χ4v) is 0.877. The van der Waals surface area contributed by atoms with E-state index in [0.29, 0.717) is 5.56 Å². The van der Waals surface area contributed by atoms with Gasteiger partial charge in [0, 0.05) is 0 Å². The molecule has 0 aromatic heterocycles. The Hall–Kier alpha value is -1.73. The average molecular weight is 180 g/mol. The Morgan fingerprint density at radius 1 is 1.38 bits per heavy atom. The molecule has 1 rings (SSSR count). The number of nitrogen functional groups attached to an aromatic ring is 2. The lowest BCUT2D eigenvalue weighted by Crippen LogP contribution is -1.98. The molecule has 13 heavy (non-hydrogen) atoms. The molecule has 0 aliphatic heterocycles. The van der Waals surface area contributed by atoms with Gasteiger partial charge in [-0.15, -0.1) is 0 Å². The summed E-state index contributed by atoms with van der Waals surface area (Å²) in [5, 5.41) is 8.42. The number of anilines is 2. The molecule has 0 saturated heterocycles. The van der Waals surface area contributed by atoms with E-state index in [1.54, 1.807) is 0 Å². The highest BCUT2D eigenvalue weighted by molar-refractivity contribution is 5.71. The fraction of sp³-hybridized carbons (Fsp3) is 0.111. The number of nitrogens with two attached hydrogens (primary N) is 2. The molecule has 0 atom stereocenters. The molecule has 0 amide bonds. The third-order valence-corrected chi connectivity index (χ3v) is 1.48. The van der Waals surface area contributed by atoms with E-state index in [1.807, 2.05) is 0 Å². The molecule has 0 aliphatic carbocycles. The average Bonchev–Trinajstić information content (AvgIpc) is 2.09. The van der Waals surface area contributed by atoms with Gasteiger partial charge in [-0.25, -0.2) is 4.39 Å². The van der Waals surface area contributed by atoms with Crippen LogP contribution in [-0.4, -0.2) is 11.7 Å². The van der Waals surface area contributed by atoms with Crippen LogP contribution in [0.5, 0.6) is 0 Å². The van der Waals surface area contributed by atoms with Crippen molar-refractivity contribution in [2.45, 2.75) is 0 Å². The van der Waals surface area contributed by atoms with Gasteiger partial charge in [0.15, 0.2) is 0 Å². The number of aliphatic hydroxyl groups is 1. The quantitative estimate of drug-likeness (QED) is 0.398. The summed E-state index contributed by atoms with van der Waals surface area (Å²) in [6, 6.07) is 2.30. The van der Waals surface area contributed by atoms with Gasteiger partial charge in [0.25, 0.3) is 0 Å². The molecular weight excluding hydrogens is 171 g/mol. The van der Waals surface area contributed by atoms with E-state index in [9.17, 15) is 4.39 Å². The number of hydrogen-bond donors (Lipinski definition) is 3. The zero-order chi connectivity index (χ0) is 9.84. The highest BCUT2D eigenvalue weighted by Gasteiger charge is 2.02. The van der Waals surface area contributed by atoms with Gasteiger partial charge in [-0.2, -0.15) is 0 Å². The van der Waals surface area contributed by atoms with E-state index in [0.717, 1.165) is 6.07 Å². The second kappa shape index (κ2) is 3.78. The van der Waals surface area contributed by atoms with Crippen LogP contribution in [0.1, 0.15) is 5.56 Å². The van der Waals surface area contributed by atoms with Crippen molar-refractivity contribution in [3.8, 4) is 11.8 Å². The molecule has 5 N–H and O–H groups in total. The Kier molecular flexibility index (Phi) is 2.72. The number of hydrogen-bond acceptors (Lipinski definition) is 3. The van der Waals surface area contributed by atoms with Crippen molar-refractivity contribution < 1.29 is 9.50 Å². The molecule has 0 fully saturated rings. The van der Waals surface area contributed by atoms with E-state index in [4.69, 9.17) is 16.6 Å². The molecule has 0 aliphatic rings. The van der Waals surface area contributed by atoms with E-state index >= 15 is 0 Å². The van der Waals surface area contributed by atoms with Gasteiger partial charge in [0.2, 0.25) is 0 Å². The highest BCUT2D eigenvalue weighted by atomic mass is 19.1. The molecule has 3 nitrogen and oxygen atoms in total. The van der Waals surface area contributed by atoms with E-state index in [-0.39, 0.29) is 18.0 Å². The Balaban J connectivity index is 3.20. The molecule has 0 radical (unpaired) electrons. The number of halogens is 1.